The van der Waals surface area contributed by atoms with Gasteiger partial charge >= 0.3 is 0 Å². The van der Waals surface area contributed by atoms with Crippen LogP contribution in [0.2, 0.25) is 5.02 Å². The highest BCUT2D eigenvalue weighted by Crippen LogP contribution is 2.30. The number of aromatic nitrogens is 3. The molecule has 0 unspecified atom stereocenters. The van der Waals surface area contributed by atoms with E-state index >= 15 is 0 Å². The molecule has 2 heterocycles. The van der Waals surface area contributed by atoms with Gasteiger partial charge in [0.1, 0.15) is 5.01 Å². The number of rotatable bonds is 4. The number of nitrogens with zero attached hydrogens (tertiary/aromatic N) is 3. The van der Waals surface area contributed by atoms with Crippen molar-refractivity contribution in [2.24, 2.45) is 0 Å². The number of carbonyl (C=O) groups is 1. The normalized spacial score (nSPS) is 10.9. The Morgan fingerprint density at radius 3 is 2.67 bits per heavy atom. The molecule has 0 radical (unpaired) electrons. The number of amides is 1. The highest BCUT2D eigenvalue weighted by Gasteiger charge is 2.16. The van der Waals surface area contributed by atoms with Crippen LogP contribution in [0.4, 0.5) is 5.13 Å². The van der Waals surface area contributed by atoms with Crippen molar-refractivity contribution in [2.45, 2.75) is 13.3 Å². The third-order valence-corrected chi connectivity index (χ3v) is 5.41. The Kier molecular flexibility index (Phi) is 4.83. The van der Waals surface area contributed by atoms with Gasteiger partial charge in [0.15, 0.2) is 0 Å². The number of pyridine rings is 1. The summed E-state index contributed by atoms with van der Waals surface area (Å²) in [6, 6.07) is 16.8. The van der Waals surface area contributed by atoms with E-state index in [-0.39, 0.29) is 5.91 Å². The standard InChI is InChI=1S/C20H15ClN4OS/c1-2-18-24-25-20(27-18)23-19(26)14-11-17(13-8-3-5-9-15(13)21)22-16-10-6-4-7-12(14)16/h3-11H,2H2,1H3,(H,23,25,26). The van der Waals surface area contributed by atoms with Crippen molar-refractivity contribution in [3.63, 3.8) is 0 Å². The number of fused-ring (bicyclic) bond motifs is 1. The summed E-state index contributed by atoms with van der Waals surface area (Å²) < 4.78 is 0. The van der Waals surface area contributed by atoms with E-state index in [1.165, 1.54) is 11.3 Å². The van der Waals surface area contributed by atoms with Gasteiger partial charge in [0.25, 0.3) is 5.91 Å². The zero-order valence-electron chi connectivity index (χ0n) is 14.4. The molecule has 2 aromatic heterocycles. The van der Waals surface area contributed by atoms with Gasteiger partial charge in [0.05, 0.1) is 16.8 Å². The molecule has 4 rings (SSSR count). The maximum absolute atomic E-state index is 13.0. The van der Waals surface area contributed by atoms with Gasteiger partial charge in [-0.3, -0.25) is 10.1 Å². The Labute approximate surface area is 165 Å². The Bertz CT molecular complexity index is 1140. The molecule has 0 aliphatic heterocycles. The molecule has 0 saturated carbocycles. The number of halogens is 1. The summed E-state index contributed by atoms with van der Waals surface area (Å²) in [7, 11) is 0. The molecule has 1 N–H and O–H groups in total. The van der Waals surface area contributed by atoms with Crippen molar-refractivity contribution < 1.29 is 4.79 Å². The first kappa shape index (κ1) is 17.6. The maximum atomic E-state index is 13.0. The van der Waals surface area contributed by atoms with Crippen LogP contribution in [-0.2, 0) is 6.42 Å². The van der Waals surface area contributed by atoms with Gasteiger partial charge in [0, 0.05) is 16.0 Å². The summed E-state index contributed by atoms with van der Waals surface area (Å²) in [5.41, 5.74) is 2.68. The fourth-order valence-electron chi connectivity index (χ4n) is 2.78. The second kappa shape index (κ2) is 7.42. The lowest BCUT2D eigenvalue weighted by atomic mass is 10.0. The van der Waals surface area contributed by atoms with E-state index in [1.54, 1.807) is 12.1 Å². The SMILES string of the molecule is CCc1nnc(NC(=O)c2cc(-c3ccccc3Cl)nc3ccccc23)s1. The number of para-hydroxylation sites is 1. The van der Waals surface area contributed by atoms with Crippen LogP contribution >= 0.6 is 22.9 Å². The average molecular weight is 395 g/mol. The van der Waals surface area contributed by atoms with E-state index in [0.717, 1.165) is 27.9 Å². The van der Waals surface area contributed by atoms with Crippen molar-refractivity contribution in [1.29, 1.82) is 0 Å². The minimum absolute atomic E-state index is 0.249. The number of carbonyl (C=O) groups excluding carboxylic acids is 1. The first-order chi connectivity index (χ1) is 13.2. The molecule has 0 bridgehead atoms. The first-order valence-corrected chi connectivity index (χ1v) is 9.63. The first-order valence-electron chi connectivity index (χ1n) is 8.44. The zero-order chi connectivity index (χ0) is 18.8. The van der Waals surface area contributed by atoms with Crippen LogP contribution in [0.3, 0.4) is 0 Å². The highest BCUT2D eigenvalue weighted by atomic mass is 35.5. The van der Waals surface area contributed by atoms with Gasteiger partial charge < -0.3 is 0 Å². The van der Waals surface area contributed by atoms with Crippen molar-refractivity contribution >= 4 is 44.9 Å². The van der Waals surface area contributed by atoms with Crippen LogP contribution in [0, 0.1) is 0 Å². The van der Waals surface area contributed by atoms with E-state index in [1.807, 2.05) is 49.4 Å². The molecule has 0 aliphatic rings. The number of anilines is 1. The lowest BCUT2D eigenvalue weighted by Gasteiger charge is -2.10. The van der Waals surface area contributed by atoms with Crippen molar-refractivity contribution in [2.75, 3.05) is 5.32 Å². The van der Waals surface area contributed by atoms with E-state index in [2.05, 4.69) is 20.5 Å². The lowest BCUT2D eigenvalue weighted by Crippen LogP contribution is -2.13. The number of benzene rings is 2. The topological polar surface area (TPSA) is 67.8 Å². The molecule has 2 aromatic carbocycles. The minimum Gasteiger partial charge on any atom is -0.296 e. The molecule has 0 fully saturated rings. The number of hydrogen-bond donors (Lipinski definition) is 1. The second-order valence-electron chi connectivity index (χ2n) is 5.86. The van der Waals surface area contributed by atoms with Crippen LogP contribution in [0.25, 0.3) is 22.2 Å². The summed E-state index contributed by atoms with van der Waals surface area (Å²) in [5.74, 6) is -0.249. The van der Waals surface area contributed by atoms with E-state index in [9.17, 15) is 4.79 Å². The Morgan fingerprint density at radius 2 is 1.89 bits per heavy atom. The quantitative estimate of drug-likeness (QED) is 0.515. The van der Waals surface area contributed by atoms with Crippen LogP contribution in [-0.4, -0.2) is 21.1 Å². The minimum atomic E-state index is -0.249. The molecule has 134 valence electrons. The fourth-order valence-corrected chi connectivity index (χ4v) is 3.69. The number of hydrogen-bond acceptors (Lipinski definition) is 5. The van der Waals surface area contributed by atoms with Gasteiger partial charge in [0.2, 0.25) is 5.13 Å². The van der Waals surface area contributed by atoms with Crippen LogP contribution in [0.15, 0.2) is 54.6 Å². The molecule has 0 atom stereocenters. The largest absolute Gasteiger partial charge is 0.296 e. The molecular formula is C20H15ClN4OS. The number of nitrogens with one attached hydrogen (secondary N) is 1. The molecule has 0 aliphatic carbocycles. The molecule has 0 spiro atoms. The maximum Gasteiger partial charge on any atom is 0.258 e. The predicted octanol–water partition coefficient (Wildman–Crippen LogP) is 5.22. The van der Waals surface area contributed by atoms with Gasteiger partial charge in [-0.2, -0.15) is 0 Å². The molecule has 5 nitrogen and oxygen atoms in total. The molecule has 1 amide bonds. The monoisotopic (exact) mass is 394 g/mol. The third kappa shape index (κ3) is 3.54. The Morgan fingerprint density at radius 1 is 1.11 bits per heavy atom. The Balaban J connectivity index is 1.81. The summed E-state index contributed by atoms with van der Waals surface area (Å²) in [6.45, 7) is 2.00. The smallest absolute Gasteiger partial charge is 0.258 e. The van der Waals surface area contributed by atoms with E-state index in [0.29, 0.717) is 21.4 Å². The molecule has 4 aromatic rings. The van der Waals surface area contributed by atoms with Crippen LogP contribution in [0.1, 0.15) is 22.3 Å². The molecule has 27 heavy (non-hydrogen) atoms. The zero-order valence-corrected chi connectivity index (χ0v) is 16.0. The fraction of sp³-hybridized carbons (Fsp3) is 0.100. The highest BCUT2D eigenvalue weighted by molar-refractivity contribution is 7.15. The Hall–Kier alpha value is -2.83. The molecule has 7 heteroatoms. The summed E-state index contributed by atoms with van der Waals surface area (Å²) in [5, 5.41) is 13.6. The van der Waals surface area contributed by atoms with Crippen molar-refractivity contribution in [3.8, 4) is 11.3 Å². The van der Waals surface area contributed by atoms with Crippen molar-refractivity contribution in [3.05, 3.63) is 70.2 Å². The lowest BCUT2D eigenvalue weighted by molar-refractivity contribution is 0.102. The third-order valence-electron chi connectivity index (χ3n) is 4.10. The van der Waals surface area contributed by atoms with E-state index in [4.69, 9.17) is 11.6 Å². The van der Waals surface area contributed by atoms with Crippen LogP contribution < -0.4 is 5.32 Å². The van der Waals surface area contributed by atoms with Gasteiger partial charge in [-0.25, -0.2) is 4.98 Å². The summed E-state index contributed by atoms with van der Waals surface area (Å²) in [6.07, 6.45) is 0.780. The summed E-state index contributed by atoms with van der Waals surface area (Å²) >= 11 is 7.71. The summed E-state index contributed by atoms with van der Waals surface area (Å²) in [4.78, 5) is 17.6. The van der Waals surface area contributed by atoms with E-state index < -0.39 is 0 Å². The molecular weight excluding hydrogens is 380 g/mol. The van der Waals surface area contributed by atoms with Crippen LogP contribution in [0.5, 0.6) is 0 Å². The van der Waals surface area contributed by atoms with Gasteiger partial charge in [-0.05, 0) is 24.6 Å². The number of aryl methyl sites for hydroxylation is 1. The van der Waals surface area contributed by atoms with Gasteiger partial charge in [-0.1, -0.05) is 66.3 Å². The van der Waals surface area contributed by atoms with Gasteiger partial charge in [-0.15, -0.1) is 10.2 Å². The average Bonchev–Trinajstić information content (AvgIpc) is 3.15. The molecule has 0 saturated heterocycles. The predicted molar refractivity (Wildman–Crippen MR) is 109 cm³/mol. The second-order valence-corrected chi connectivity index (χ2v) is 7.33. The van der Waals surface area contributed by atoms with Crippen molar-refractivity contribution in [1.82, 2.24) is 15.2 Å².